The number of aliphatic hydroxyl groups is 1. The molecule has 2 N–H and O–H groups in total. The number of benzene rings is 1. The largest absolute Gasteiger partial charge is 0.490 e. The van der Waals surface area contributed by atoms with Gasteiger partial charge in [0.1, 0.15) is 18.0 Å². The maximum Gasteiger partial charge on any atom is 0.122 e. The Morgan fingerprint density at radius 3 is 3.00 bits per heavy atom. The molecule has 0 radical (unpaired) electrons. The predicted molar refractivity (Wildman–Crippen MR) is 80.1 cm³/mol. The number of para-hydroxylation sites is 1. The van der Waals surface area contributed by atoms with Crippen molar-refractivity contribution in [1.82, 2.24) is 15.1 Å². The van der Waals surface area contributed by atoms with Crippen LogP contribution in [0.25, 0.3) is 0 Å². The number of rotatable bonds is 5. The highest BCUT2D eigenvalue weighted by molar-refractivity contribution is 5.31. The van der Waals surface area contributed by atoms with Gasteiger partial charge in [-0.1, -0.05) is 18.2 Å². The van der Waals surface area contributed by atoms with Crippen molar-refractivity contribution in [2.45, 2.75) is 25.5 Å². The second-order valence-electron chi connectivity index (χ2n) is 5.82. The van der Waals surface area contributed by atoms with E-state index in [-0.39, 0.29) is 0 Å². The fraction of sp³-hybridized carbons (Fsp3) is 0.438. The molecule has 1 aliphatic heterocycles. The van der Waals surface area contributed by atoms with Gasteiger partial charge >= 0.3 is 0 Å². The lowest BCUT2D eigenvalue weighted by Gasteiger charge is -2.24. The maximum absolute atomic E-state index is 10.7. The Kier molecular flexibility index (Phi) is 3.94. The Labute approximate surface area is 124 Å². The van der Waals surface area contributed by atoms with E-state index < -0.39 is 5.60 Å². The summed E-state index contributed by atoms with van der Waals surface area (Å²) in [5.41, 5.74) is 1.38. The van der Waals surface area contributed by atoms with Gasteiger partial charge in [0.15, 0.2) is 0 Å². The third-order valence-corrected chi connectivity index (χ3v) is 3.95. The minimum absolute atomic E-state index is 0.331. The van der Waals surface area contributed by atoms with Gasteiger partial charge in [-0.2, -0.15) is 5.10 Å². The summed E-state index contributed by atoms with van der Waals surface area (Å²) in [4.78, 5) is 2.22. The first-order valence-electron chi connectivity index (χ1n) is 7.26. The van der Waals surface area contributed by atoms with Gasteiger partial charge in [0.25, 0.3) is 0 Å². The molecule has 5 nitrogen and oxygen atoms in total. The fourth-order valence-electron chi connectivity index (χ4n) is 2.74. The van der Waals surface area contributed by atoms with Crippen LogP contribution in [0.15, 0.2) is 36.5 Å². The van der Waals surface area contributed by atoms with Crippen molar-refractivity contribution in [3.8, 4) is 5.75 Å². The predicted octanol–water partition coefficient (Wildman–Crippen LogP) is 1.73. The van der Waals surface area contributed by atoms with Crippen LogP contribution in [0.2, 0.25) is 0 Å². The molecule has 0 aliphatic carbocycles. The normalized spacial score (nSPS) is 22.6. The number of aryl methyl sites for hydroxylation is 1. The topological polar surface area (TPSA) is 61.4 Å². The van der Waals surface area contributed by atoms with E-state index in [2.05, 4.69) is 15.1 Å². The molecule has 1 fully saturated rings. The van der Waals surface area contributed by atoms with E-state index in [1.165, 1.54) is 0 Å². The van der Waals surface area contributed by atoms with Crippen molar-refractivity contribution in [2.75, 3.05) is 19.7 Å². The molecule has 1 saturated heterocycles. The smallest absolute Gasteiger partial charge is 0.122 e. The monoisotopic (exact) mass is 287 g/mol. The molecule has 1 aromatic carbocycles. The molecule has 1 atom stereocenters. The summed E-state index contributed by atoms with van der Waals surface area (Å²) in [6, 6.07) is 9.85. The van der Waals surface area contributed by atoms with Crippen molar-refractivity contribution in [3.05, 3.63) is 47.8 Å². The van der Waals surface area contributed by atoms with Crippen LogP contribution in [-0.4, -0.2) is 45.5 Å². The summed E-state index contributed by atoms with van der Waals surface area (Å²) >= 11 is 0. The number of hydrogen-bond donors (Lipinski definition) is 2. The summed E-state index contributed by atoms with van der Waals surface area (Å²) in [6.45, 7) is 4.62. The summed E-state index contributed by atoms with van der Waals surface area (Å²) < 4.78 is 5.81. The highest BCUT2D eigenvalue weighted by atomic mass is 16.5. The lowest BCUT2D eigenvalue weighted by atomic mass is 10.1. The Morgan fingerprint density at radius 2 is 2.24 bits per heavy atom. The van der Waals surface area contributed by atoms with Crippen molar-refractivity contribution < 1.29 is 9.84 Å². The summed E-state index contributed by atoms with van der Waals surface area (Å²) in [5, 5.41) is 17.5. The molecule has 3 rings (SSSR count). The average Bonchev–Trinajstić information content (AvgIpc) is 3.09. The Bertz CT molecular complexity index is 585. The van der Waals surface area contributed by atoms with Crippen LogP contribution >= 0.6 is 0 Å². The summed E-state index contributed by atoms with van der Waals surface area (Å²) in [7, 11) is 0. The number of hydrogen-bond acceptors (Lipinski definition) is 4. The van der Waals surface area contributed by atoms with E-state index in [9.17, 15) is 5.11 Å². The first kappa shape index (κ1) is 14.1. The first-order valence-corrected chi connectivity index (χ1v) is 7.26. The number of nitrogens with zero attached hydrogens (tertiary/aromatic N) is 2. The molecule has 0 bridgehead atoms. The lowest BCUT2D eigenvalue weighted by Crippen LogP contribution is -2.39. The van der Waals surface area contributed by atoms with Crippen LogP contribution < -0.4 is 4.74 Å². The number of nitrogens with one attached hydrogen (secondary N) is 1. The SMILES string of the molecule is Cc1ccccc1OCC1(O)CCN(Cc2ccn[nH]2)C1. The lowest BCUT2D eigenvalue weighted by molar-refractivity contribution is 0.00312. The van der Waals surface area contributed by atoms with Gasteiger partial charge in [0, 0.05) is 31.5 Å². The number of aromatic amines is 1. The van der Waals surface area contributed by atoms with E-state index in [0.717, 1.165) is 36.5 Å². The zero-order valence-electron chi connectivity index (χ0n) is 12.2. The average molecular weight is 287 g/mol. The minimum atomic E-state index is -0.775. The second-order valence-corrected chi connectivity index (χ2v) is 5.82. The van der Waals surface area contributed by atoms with Gasteiger partial charge < -0.3 is 9.84 Å². The van der Waals surface area contributed by atoms with Gasteiger partial charge in [-0.3, -0.25) is 10.00 Å². The highest BCUT2D eigenvalue weighted by Gasteiger charge is 2.37. The van der Waals surface area contributed by atoms with Gasteiger partial charge in [-0.15, -0.1) is 0 Å². The van der Waals surface area contributed by atoms with Gasteiger partial charge in [0.05, 0.1) is 0 Å². The van der Waals surface area contributed by atoms with Gasteiger partial charge in [0.2, 0.25) is 0 Å². The number of ether oxygens (including phenoxy) is 1. The summed E-state index contributed by atoms with van der Waals surface area (Å²) in [5.74, 6) is 0.845. The Hall–Kier alpha value is -1.85. The van der Waals surface area contributed by atoms with Crippen LogP contribution in [0.5, 0.6) is 5.75 Å². The van der Waals surface area contributed by atoms with Crippen molar-refractivity contribution in [3.63, 3.8) is 0 Å². The van der Waals surface area contributed by atoms with Crippen LogP contribution in [0, 0.1) is 6.92 Å². The zero-order chi connectivity index (χ0) is 14.7. The molecule has 21 heavy (non-hydrogen) atoms. The number of H-pyrrole nitrogens is 1. The Morgan fingerprint density at radius 1 is 1.38 bits per heavy atom. The van der Waals surface area contributed by atoms with E-state index in [1.807, 2.05) is 37.3 Å². The van der Waals surface area contributed by atoms with E-state index in [1.54, 1.807) is 6.20 Å². The molecule has 112 valence electrons. The number of β-amino-alcohol motifs (C(OH)–C–C–N with tert-alkyl or cyclic N) is 1. The third-order valence-electron chi connectivity index (χ3n) is 3.95. The van der Waals surface area contributed by atoms with Crippen molar-refractivity contribution in [2.24, 2.45) is 0 Å². The highest BCUT2D eigenvalue weighted by Crippen LogP contribution is 2.25. The van der Waals surface area contributed by atoms with E-state index in [0.29, 0.717) is 13.2 Å². The minimum Gasteiger partial charge on any atom is -0.490 e. The third kappa shape index (κ3) is 3.43. The molecule has 5 heteroatoms. The molecular weight excluding hydrogens is 266 g/mol. The molecule has 0 saturated carbocycles. The summed E-state index contributed by atoms with van der Waals surface area (Å²) in [6.07, 6.45) is 2.48. The Balaban J connectivity index is 1.55. The first-order chi connectivity index (χ1) is 10.1. The molecular formula is C16H21N3O2. The molecule has 2 aromatic rings. The van der Waals surface area contributed by atoms with Gasteiger partial charge in [-0.05, 0) is 31.0 Å². The molecule has 0 amide bonds. The van der Waals surface area contributed by atoms with Crippen molar-refractivity contribution in [1.29, 1.82) is 0 Å². The fourth-order valence-corrected chi connectivity index (χ4v) is 2.74. The number of aromatic nitrogens is 2. The van der Waals surface area contributed by atoms with Crippen LogP contribution in [0.1, 0.15) is 17.7 Å². The van der Waals surface area contributed by atoms with Crippen molar-refractivity contribution >= 4 is 0 Å². The molecule has 1 aromatic heterocycles. The standard InChI is InChI=1S/C16H21N3O2/c1-13-4-2-3-5-15(13)21-12-16(20)7-9-19(11-16)10-14-6-8-17-18-14/h2-6,8,20H,7,9-12H2,1H3,(H,17,18). The molecule has 2 heterocycles. The van der Waals surface area contributed by atoms with E-state index >= 15 is 0 Å². The van der Waals surface area contributed by atoms with Gasteiger partial charge in [-0.25, -0.2) is 0 Å². The van der Waals surface area contributed by atoms with Crippen LogP contribution in [0.4, 0.5) is 0 Å². The van der Waals surface area contributed by atoms with Crippen LogP contribution in [-0.2, 0) is 6.54 Å². The quantitative estimate of drug-likeness (QED) is 0.879. The maximum atomic E-state index is 10.7. The zero-order valence-corrected chi connectivity index (χ0v) is 12.2. The second kappa shape index (κ2) is 5.87. The molecule has 1 unspecified atom stereocenters. The number of likely N-dealkylation sites (tertiary alicyclic amines) is 1. The van der Waals surface area contributed by atoms with Crippen LogP contribution in [0.3, 0.4) is 0 Å². The van der Waals surface area contributed by atoms with E-state index in [4.69, 9.17) is 4.74 Å². The molecule has 1 aliphatic rings. The molecule has 0 spiro atoms.